The van der Waals surface area contributed by atoms with Crippen LogP contribution in [0.2, 0.25) is 0 Å². The minimum Gasteiger partial charge on any atom is -0.490 e. The summed E-state index contributed by atoms with van der Waals surface area (Å²) >= 11 is 2.96. The van der Waals surface area contributed by atoms with Crippen LogP contribution in [0.25, 0.3) is 0 Å². The van der Waals surface area contributed by atoms with Crippen LogP contribution < -0.4 is 20.1 Å². The number of fused-ring (bicyclic) bond motifs is 1. The summed E-state index contributed by atoms with van der Waals surface area (Å²) in [5.74, 6) is 2.05. The van der Waals surface area contributed by atoms with Gasteiger partial charge in [-0.15, -0.1) is 10.2 Å². The molecule has 1 unspecified atom stereocenters. The van der Waals surface area contributed by atoms with Crippen molar-refractivity contribution in [1.82, 2.24) is 15.5 Å². The van der Waals surface area contributed by atoms with Gasteiger partial charge in [-0.3, -0.25) is 4.79 Å². The number of ether oxygens (including phenoxy) is 2. The molecule has 1 amide bonds. The Bertz CT molecular complexity index is 899. The van der Waals surface area contributed by atoms with Gasteiger partial charge >= 0.3 is 0 Å². The Hall–Kier alpha value is -2.00. The van der Waals surface area contributed by atoms with Crippen LogP contribution in [0.3, 0.4) is 0 Å². The molecule has 0 saturated heterocycles. The summed E-state index contributed by atoms with van der Waals surface area (Å²) in [6.45, 7) is 5.52. The van der Waals surface area contributed by atoms with Gasteiger partial charge in [0.05, 0.1) is 25.0 Å². The van der Waals surface area contributed by atoms with E-state index in [-0.39, 0.29) is 17.9 Å². The molecular formula is C23H32N4O3S2. The zero-order valence-corrected chi connectivity index (χ0v) is 20.4. The van der Waals surface area contributed by atoms with Gasteiger partial charge in [-0.2, -0.15) is 0 Å². The number of hydrogen-bond donors (Lipinski definition) is 2. The minimum absolute atomic E-state index is 0.0159. The lowest BCUT2D eigenvalue weighted by Crippen LogP contribution is -2.33. The van der Waals surface area contributed by atoms with Crippen molar-refractivity contribution in [3.63, 3.8) is 0 Å². The predicted molar refractivity (Wildman–Crippen MR) is 129 cm³/mol. The minimum atomic E-state index is -0.0989. The third kappa shape index (κ3) is 6.28. The number of carbonyl (C=O) groups excluding carboxylic acids is 1. The summed E-state index contributed by atoms with van der Waals surface area (Å²) in [7, 11) is 0. The number of thioether (sulfide) groups is 1. The summed E-state index contributed by atoms with van der Waals surface area (Å²) < 4.78 is 12.4. The molecule has 32 heavy (non-hydrogen) atoms. The molecular weight excluding hydrogens is 444 g/mol. The van der Waals surface area contributed by atoms with E-state index < -0.39 is 0 Å². The maximum Gasteiger partial charge on any atom is 0.230 e. The Morgan fingerprint density at radius 3 is 2.69 bits per heavy atom. The van der Waals surface area contributed by atoms with Crippen LogP contribution in [0.1, 0.15) is 64.0 Å². The fourth-order valence-electron chi connectivity index (χ4n) is 4.10. The van der Waals surface area contributed by atoms with Crippen LogP contribution in [-0.4, -0.2) is 41.1 Å². The zero-order valence-electron chi connectivity index (χ0n) is 18.8. The molecule has 0 spiro atoms. The second kappa shape index (κ2) is 11.2. The quantitative estimate of drug-likeness (QED) is 0.516. The first-order valence-electron chi connectivity index (χ1n) is 11.5. The monoisotopic (exact) mass is 476 g/mol. The van der Waals surface area contributed by atoms with Crippen molar-refractivity contribution < 1.29 is 14.3 Å². The lowest BCUT2D eigenvalue weighted by molar-refractivity contribution is -0.119. The highest BCUT2D eigenvalue weighted by molar-refractivity contribution is 8.01. The molecule has 1 atom stereocenters. The Balaban J connectivity index is 1.31. The zero-order chi connectivity index (χ0) is 22.3. The fraction of sp³-hybridized carbons (Fsp3) is 0.609. The molecule has 2 aromatic rings. The number of rotatable bonds is 8. The topological polar surface area (TPSA) is 85.4 Å². The number of anilines is 1. The molecule has 174 valence electrons. The standard InChI is InChI=1S/C23H32N4O3S2/c1-15(2)21(16-9-10-18-19(13-16)30-12-6-11-29-18)25-20(28)14-31-23-27-26-22(32-23)24-17-7-4-3-5-8-17/h9-10,13,15,17,21H,3-8,11-12,14H2,1-2H3,(H,24,26)(H,25,28). The van der Waals surface area contributed by atoms with Crippen LogP contribution in [-0.2, 0) is 4.79 Å². The van der Waals surface area contributed by atoms with Crippen molar-refractivity contribution >= 4 is 34.1 Å². The van der Waals surface area contributed by atoms with Crippen LogP contribution in [0.4, 0.5) is 5.13 Å². The summed E-state index contributed by atoms with van der Waals surface area (Å²) in [6, 6.07) is 6.35. The molecule has 2 aliphatic rings. The lowest BCUT2D eigenvalue weighted by atomic mass is 9.95. The maximum absolute atomic E-state index is 12.7. The normalized spacial score (nSPS) is 17.6. The molecule has 1 aliphatic carbocycles. The number of nitrogens with one attached hydrogen (secondary N) is 2. The summed E-state index contributed by atoms with van der Waals surface area (Å²) in [5, 5.41) is 16.0. The number of amides is 1. The molecule has 1 aromatic carbocycles. The van der Waals surface area contributed by atoms with E-state index in [1.807, 2.05) is 18.2 Å². The first-order valence-corrected chi connectivity index (χ1v) is 13.3. The average molecular weight is 477 g/mol. The number of aromatic nitrogens is 2. The van der Waals surface area contributed by atoms with E-state index in [9.17, 15) is 4.79 Å². The summed E-state index contributed by atoms with van der Waals surface area (Å²) in [5.41, 5.74) is 1.03. The Labute approximate surface area is 198 Å². The average Bonchev–Trinajstić information content (AvgIpc) is 3.10. The van der Waals surface area contributed by atoms with E-state index in [2.05, 4.69) is 34.7 Å². The van der Waals surface area contributed by atoms with Gasteiger partial charge in [0.1, 0.15) is 0 Å². The molecule has 4 rings (SSSR count). The molecule has 9 heteroatoms. The first kappa shape index (κ1) is 23.2. The molecule has 0 radical (unpaired) electrons. The van der Waals surface area contributed by atoms with Gasteiger partial charge in [0.25, 0.3) is 0 Å². The predicted octanol–water partition coefficient (Wildman–Crippen LogP) is 5.05. The largest absolute Gasteiger partial charge is 0.490 e. The van der Waals surface area contributed by atoms with Crippen molar-refractivity contribution in [2.45, 2.75) is 68.8 Å². The molecule has 1 fully saturated rings. The smallest absolute Gasteiger partial charge is 0.230 e. The van der Waals surface area contributed by atoms with E-state index in [4.69, 9.17) is 9.47 Å². The van der Waals surface area contributed by atoms with Crippen LogP contribution in [0.15, 0.2) is 22.5 Å². The van der Waals surface area contributed by atoms with Gasteiger partial charge < -0.3 is 20.1 Å². The lowest BCUT2D eigenvalue weighted by Gasteiger charge is -2.23. The molecule has 1 aliphatic heterocycles. The molecule has 1 aromatic heterocycles. The SMILES string of the molecule is CC(C)C(NC(=O)CSc1nnc(NC2CCCCC2)s1)c1ccc2c(c1)OCCCO2. The van der Waals surface area contributed by atoms with Crippen molar-refractivity contribution in [3.8, 4) is 11.5 Å². The Morgan fingerprint density at radius 1 is 1.12 bits per heavy atom. The summed E-state index contributed by atoms with van der Waals surface area (Å²) in [6.07, 6.45) is 7.14. The van der Waals surface area contributed by atoms with Crippen molar-refractivity contribution in [3.05, 3.63) is 23.8 Å². The van der Waals surface area contributed by atoms with E-state index in [0.29, 0.717) is 25.0 Å². The van der Waals surface area contributed by atoms with Crippen molar-refractivity contribution in [2.75, 3.05) is 24.3 Å². The van der Waals surface area contributed by atoms with Gasteiger partial charge in [0.15, 0.2) is 15.8 Å². The molecule has 1 saturated carbocycles. The second-order valence-electron chi connectivity index (χ2n) is 8.69. The fourth-order valence-corrected chi connectivity index (χ4v) is 5.74. The van der Waals surface area contributed by atoms with E-state index >= 15 is 0 Å². The second-order valence-corrected chi connectivity index (χ2v) is 10.9. The Kier molecular flexibility index (Phi) is 8.13. The number of carbonyl (C=O) groups is 1. The van der Waals surface area contributed by atoms with Crippen LogP contribution in [0.5, 0.6) is 11.5 Å². The molecule has 7 nitrogen and oxygen atoms in total. The molecule has 2 N–H and O–H groups in total. The third-order valence-electron chi connectivity index (χ3n) is 5.78. The van der Waals surface area contributed by atoms with Gasteiger partial charge in [0.2, 0.25) is 11.0 Å². The molecule has 0 bridgehead atoms. The first-order chi connectivity index (χ1) is 15.6. The van der Waals surface area contributed by atoms with Gasteiger partial charge in [-0.1, -0.05) is 62.3 Å². The highest BCUT2D eigenvalue weighted by Gasteiger charge is 2.22. The van der Waals surface area contributed by atoms with Gasteiger partial charge in [0, 0.05) is 12.5 Å². The summed E-state index contributed by atoms with van der Waals surface area (Å²) in [4.78, 5) is 12.7. The van der Waals surface area contributed by atoms with Crippen LogP contribution in [0, 0.1) is 5.92 Å². The van der Waals surface area contributed by atoms with E-state index in [1.165, 1.54) is 55.2 Å². The van der Waals surface area contributed by atoms with E-state index in [1.54, 1.807) is 0 Å². The Morgan fingerprint density at radius 2 is 1.91 bits per heavy atom. The highest BCUT2D eigenvalue weighted by Crippen LogP contribution is 2.34. The number of hydrogen-bond acceptors (Lipinski definition) is 8. The number of benzene rings is 1. The third-order valence-corrected chi connectivity index (χ3v) is 7.77. The van der Waals surface area contributed by atoms with E-state index in [0.717, 1.165) is 33.0 Å². The molecule has 2 heterocycles. The highest BCUT2D eigenvalue weighted by atomic mass is 32.2. The van der Waals surface area contributed by atoms with Gasteiger partial charge in [-0.25, -0.2) is 0 Å². The van der Waals surface area contributed by atoms with Crippen molar-refractivity contribution in [2.24, 2.45) is 5.92 Å². The van der Waals surface area contributed by atoms with Gasteiger partial charge in [-0.05, 0) is 36.5 Å². The maximum atomic E-state index is 12.7. The van der Waals surface area contributed by atoms with Crippen molar-refractivity contribution in [1.29, 1.82) is 0 Å². The number of nitrogens with zero attached hydrogens (tertiary/aromatic N) is 2. The van der Waals surface area contributed by atoms with Crippen LogP contribution >= 0.6 is 23.1 Å².